The van der Waals surface area contributed by atoms with Crippen LogP contribution in [0.25, 0.3) is 0 Å². The minimum absolute atomic E-state index is 0.000379. The SMILES string of the molecule is C[C@H]1CCN1c1nc(N2CC(CC(=O)O)C2)c2c(c1C#N)C(F)(F)CC2. The van der Waals surface area contributed by atoms with Crippen molar-refractivity contribution in [3.8, 4) is 6.07 Å². The number of carbonyl (C=O) groups is 1. The first kappa shape index (κ1) is 17.0. The van der Waals surface area contributed by atoms with Gasteiger partial charge in [-0.3, -0.25) is 4.79 Å². The van der Waals surface area contributed by atoms with E-state index in [4.69, 9.17) is 5.11 Å². The van der Waals surface area contributed by atoms with Gasteiger partial charge in [-0.25, -0.2) is 13.8 Å². The van der Waals surface area contributed by atoms with Crippen molar-refractivity contribution < 1.29 is 18.7 Å². The van der Waals surface area contributed by atoms with E-state index in [-0.39, 0.29) is 42.3 Å². The van der Waals surface area contributed by atoms with Crippen LogP contribution in [-0.4, -0.2) is 41.7 Å². The standard InChI is InChI=1S/C18H20F2N4O2/c1-10-3-5-24(10)17-13(7-21)15-12(2-4-18(15,19)20)16(22-17)23-8-11(9-23)6-14(25)26/h10-11H,2-6,8-9H2,1H3,(H,25,26)/t10-/m0/s1. The van der Waals surface area contributed by atoms with Crippen molar-refractivity contribution in [2.45, 2.75) is 44.6 Å². The van der Waals surface area contributed by atoms with E-state index in [1.54, 1.807) is 0 Å². The minimum atomic E-state index is -3.02. The smallest absolute Gasteiger partial charge is 0.303 e. The van der Waals surface area contributed by atoms with Crippen molar-refractivity contribution in [1.29, 1.82) is 5.26 Å². The summed E-state index contributed by atoms with van der Waals surface area (Å²) in [6, 6.07) is 2.15. The lowest BCUT2D eigenvalue weighted by Gasteiger charge is -2.43. The maximum atomic E-state index is 14.6. The molecule has 0 radical (unpaired) electrons. The molecule has 2 saturated heterocycles. The van der Waals surface area contributed by atoms with E-state index in [2.05, 4.69) is 4.98 Å². The molecule has 2 fully saturated rings. The fraction of sp³-hybridized carbons (Fsp3) is 0.611. The number of nitrogens with zero attached hydrogens (tertiary/aromatic N) is 4. The van der Waals surface area contributed by atoms with Crippen LogP contribution in [0.5, 0.6) is 0 Å². The third-order valence-electron chi connectivity index (χ3n) is 5.74. The Morgan fingerprint density at radius 1 is 1.42 bits per heavy atom. The topological polar surface area (TPSA) is 80.5 Å². The number of anilines is 2. The summed E-state index contributed by atoms with van der Waals surface area (Å²) in [7, 11) is 0. The van der Waals surface area contributed by atoms with Crippen LogP contribution in [0, 0.1) is 17.2 Å². The van der Waals surface area contributed by atoms with Crippen molar-refractivity contribution in [3.05, 3.63) is 16.7 Å². The van der Waals surface area contributed by atoms with Gasteiger partial charge in [0, 0.05) is 49.1 Å². The number of aliphatic carboxylic acids is 1. The molecule has 4 rings (SSSR count). The zero-order chi connectivity index (χ0) is 18.6. The van der Waals surface area contributed by atoms with Crippen LogP contribution in [0.3, 0.4) is 0 Å². The number of carboxylic acids is 1. The Morgan fingerprint density at radius 2 is 2.15 bits per heavy atom. The van der Waals surface area contributed by atoms with Crippen molar-refractivity contribution in [2.75, 3.05) is 29.4 Å². The third kappa shape index (κ3) is 2.49. The average Bonchev–Trinajstić information content (AvgIpc) is 2.84. The number of carboxylic acid groups (broad SMARTS) is 1. The summed E-state index contributed by atoms with van der Waals surface area (Å²) in [5.74, 6) is -3.01. The van der Waals surface area contributed by atoms with E-state index in [1.807, 2.05) is 22.8 Å². The lowest BCUT2D eigenvalue weighted by Crippen LogP contribution is -2.50. The number of hydrogen-bond acceptors (Lipinski definition) is 5. The van der Waals surface area contributed by atoms with Gasteiger partial charge in [0.2, 0.25) is 0 Å². The number of aromatic nitrogens is 1. The van der Waals surface area contributed by atoms with Crippen LogP contribution in [0.1, 0.15) is 42.9 Å². The predicted octanol–water partition coefficient (Wildman–Crippen LogP) is 2.50. The van der Waals surface area contributed by atoms with Crippen LogP contribution < -0.4 is 9.80 Å². The fourth-order valence-electron chi connectivity index (χ4n) is 4.17. The quantitative estimate of drug-likeness (QED) is 0.886. The second-order valence-electron chi connectivity index (χ2n) is 7.50. The Kier molecular flexibility index (Phi) is 3.79. The highest BCUT2D eigenvalue weighted by Gasteiger charge is 2.47. The average molecular weight is 362 g/mol. The molecule has 1 atom stereocenters. The van der Waals surface area contributed by atoms with Crippen molar-refractivity contribution >= 4 is 17.6 Å². The molecule has 2 aliphatic heterocycles. The first-order valence-electron chi connectivity index (χ1n) is 8.90. The van der Waals surface area contributed by atoms with Crippen LogP contribution in [0.4, 0.5) is 20.4 Å². The zero-order valence-corrected chi connectivity index (χ0v) is 14.5. The van der Waals surface area contributed by atoms with Crippen LogP contribution in [-0.2, 0) is 17.1 Å². The van der Waals surface area contributed by atoms with Crippen LogP contribution in [0.2, 0.25) is 0 Å². The molecule has 0 unspecified atom stereocenters. The second kappa shape index (κ2) is 5.79. The molecule has 1 aliphatic carbocycles. The van der Waals surface area contributed by atoms with Gasteiger partial charge in [0.05, 0.1) is 6.42 Å². The summed E-state index contributed by atoms with van der Waals surface area (Å²) in [6.07, 6.45) is 0.896. The number of fused-ring (bicyclic) bond motifs is 1. The van der Waals surface area contributed by atoms with E-state index in [0.29, 0.717) is 36.8 Å². The van der Waals surface area contributed by atoms with Gasteiger partial charge in [-0.1, -0.05) is 0 Å². The fourth-order valence-corrected chi connectivity index (χ4v) is 4.17. The maximum Gasteiger partial charge on any atom is 0.303 e. The summed E-state index contributed by atoms with van der Waals surface area (Å²) in [4.78, 5) is 19.3. The first-order valence-corrected chi connectivity index (χ1v) is 8.90. The largest absolute Gasteiger partial charge is 0.481 e. The Labute approximate surface area is 150 Å². The molecule has 6 nitrogen and oxygen atoms in total. The second-order valence-corrected chi connectivity index (χ2v) is 7.50. The van der Waals surface area contributed by atoms with Crippen molar-refractivity contribution in [3.63, 3.8) is 0 Å². The number of rotatable bonds is 4. The van der Waals surface area contributed by atoms with E-state index in [9.17, 15) is 18.8 Å². The molecule has 1 N–H and O–H groups in total. The van der Waals surface area contributed by atoms with Crippen LogP contribution >= 0.6 is 0 Å². The van der Waals surface area contributed by atoms with Gasteiger partial charge in [0.25, 0.3) is 5.92 Å². The third-order valence-corrected chi connectivity index (χ3v) is 5.74. The molecule has 138 valence electrons. The van der Waals surface area contributed by atoms with Gasteiger partial charge >= 0.3 is 5.97 Å². The number of alkyl halides is 2. The van der Waals surface area contributed by atoms with Crippen molar-refractivity contribution in [1.82, 2.24) is 4.98 Å². The highest BCUT2D eigenvalue weighted by atomic mass is 19.3. The number of hydrogen-bond donors (Lipinski definition) is 1. The molecule has 0 saturated carbocycles. The molecular weight excluding hydrogens is 342 g/mol. The molecule has 8 heteroatoms. The van der Waals surface area contributed by atoms with Gasteiger partial charge in [-0.15, -0.1) is 0 Å². The van der Waals surface area contributed by atoms with Gasteiger partial charge in [0.15, 0.2) is 0 Å². The number of pyridine rings is 1. The van der Waals surface area contributed by atoms with E-state index in [1.165, 1.54) is 0 Å². The minimum Gasteiger partial charge on any atom is -0.481 e. The molecule has 0 bridgehead atoms. The Morgan fingerprint density at radius 3 is 2.69 bits per heavy atom. The van der Waals surface area contributed by atoms with Gasteiger partial charge in [0.1, 0.15) is 23.3 Å². The number of halogens is 2. The molecule has 0 spiro atoms. The molecule has 3 heterocycles. The van der Waals surface area contributed by atoms with Gasteiger partial charge in [-0.2, -0.15) is 5.26 Å². The van der Waals surface area contributed by atoms with Gasteiger partial charge in [-0.05, 0) is 19.8 Å². The Balaban J connectivity index is 1.76. The summed E-state index contributed by atoms with van der Waals surface area (Å²) in [6.45, 7) is 3.69. The van der Waals surface area contributed by atoms with Gasteiger partial charge < -0.3 is 14.9 Å². The summed E-state index contributed by atoms with van der Waals surface area (Å²) < 4.78 is 29.1. The van der Waals surface area contributed by atoms with E-state index < -0.39 is 11.9 Å². The molecule has 0 aromatic carbocycles. The number of nitriles is 1. The lowest BCUT2D eigenvalue weighted by molar-refractivity contribution is -0.138. The summed E-state index contributed by atoms with van der Waals surface area (Å²) in [5.41, 5.74) is 0.290. The normalized spacial score (nSPS) is 23.8. The molecular formula is C18H20F2N4O2. The van der Waals surface area contributed by atoms with E-state index in [0.717, 1.165) is 6.42 Å². The molecule has 1 aromatic heterocycles. The van der Waals surface area contributed by atoms with Crippen molar-refractivity contribution in [2.24, 2.45) is 5.92 Å². The molecule has 3 aliphatic rings. The highest BCUT2D eigenvalue weighted by Crippen LogP contribution is 2.49. The summed E-state index contributed by atoms with van der Waals surface area (Å²) >= 11 is 0. The molecule has 1 aromatic rings. The zero-order valence-electron chi connectivity index (χ0n) is 14.5. The summed E-state index contributed by atoms with van der Waals surface area (Å²) in [5, 5.41) is 18.5. The maximum absolute atomic E-state index is 14.6. The monoisotopic (exact) mass is 362 g/mol. The lowest BCUT2D eigenvalue weighted by atomic mass is 9.94. The molecule has 0 amide bonds. The van der Waals surface area contributed by atoms with E-state index >= 15 is 0 Å². The Bertz CT molecular complexity index is 814. The van der Waals surface area contributed by atoms with Crippen LogP contribution in [0.15, 0.2) is 0 Å². The first-order chi connectivity index (χ1) is 12.3. The Hall–Kier alpha value is -2.43. The highest BCUT2D eigenvalue weighted by molar-refractivity contribution is 5.71. The predicted molar refractivity (Wildman–Crippen MR) is 90.5 cm³/mol. The molecule has 26 heavy (non-hydrogen) atoms.